The second-order valence-corrected chi connectivity index (χ2v) is 35.4. The summed E-state index contributed by atoms with van der Waals surface area (Å²) >= 11 is 0. The van der Waals surface area contributed by atoms with Gasteiger partial charge in [0, 0.05) is 73.1 Å². The second kappa shape index (κ2) is 37.6. The third kappa shape index (κ3) is 20.3. The molecule has 5 heteroatoms. The van der Waals surface area contributed by atoms with Crippen molar-refractivity contribution >= 4 is 84.5 Å². The molecule has 18 aromatic rings. The summed E-state index contributed by atoms with van der Waals surface area (Å²) in [6.45, 7) is 26.9. The number of hydrogen-bond acceptors (Lipinski definition) is 5. The van der Waals surface area contributed by atoms with Crippen LogP contribution in [-0.4, -0.2) is 5.54 Å². The van der Waals surface area contributed by atoms with Crippen LogP contribution in [0.2, 0.25) is 0 Å². The zero-order chi connectivity index (χ0) is 85.5. The number of rotatable bonds is 16. The first-order valence-corrected chi connectivity index (χ1v) is 42.9. The van der Waals surface area contributed by atoms with Crippen molar-refractivity contribution < 1.29 is 4.42 Å². The molecule has 0 aliphatic rings. The van der Waals surface area contributed by atoms with Crippen LogP contribution in [0.1, 0.15) is 99.8 Å². The molecule has 0 saturated carbocycles. The van der Waals surface area contributed by atoms with Crippen LogP contribution >= 0.6 is 0 Å². The van der Waals surface area contributed by atoms with Crippen molar-refractivity contribution in [1.29, 1.82) is 0 Å². The van der Waals surface area contributed by atoms with Crippen LogP contribution in [0.3, 0.4) is 0 Å². The fourth-order valence-electron chi connectivity index (χ4n) is 15.9. The smallest absolute Gasteiger partial charge is 0.159 e. The highest BCUT2D eigenvalue weighted by molar-refractivity contribution is 6.09. The van der Waals surface area contributed by atoms with Gasteiger partial charge in [-0.15, -0.1) is 0 Å². The molecule has 1 aromatic heterocycles. The average Bonchev–Trinajstić information content (AvgIpc) is 1.60. The Hall–Kier alpha value is -14.3. The van der Waals surface area contributed by atoms with E-state index >= 15 is 0 Å². The summed E-state index contributed by atoms with van der Waals surface area (Å²) < 4.78 is 6.24. The molecule has 0 aliphatic carbocycles. The first-order chi connectivity index (χ1) is 59.6. The maximum Gasteiger partial charge on any atom is 0.159 e. The predicted molar refractivity (Wildman–Crippen MR) is 529 cm³/mol. The molecule has 0 fully saturated rings. The fourth-order valence-corrected chi connectivity index (χ4v) is 15.9. The summed E-state index contributed by atoms with van der Waals surface area (Å²) in [6, 6.07) is 159. The zero-order valence-electron chi connectivity index (χ0n) is 72.9. The largest absolute Gasteiger partial charge is 0.454 e. The lowest BCUT2D eigenvalue weighted by atomic mass is 9.87. The van der Waals surface area contributed by atoms with Gasteiger partial charge in [0.05, 0.1) is 11.4 Å². The number of hydrogen-bond donors (Lipinski definition) is 0. The van der Waals surface area contributed by atoms with Gasteiger partial charge in [0.25, 0.3) is 0 Å². The van der Waals surface area contributed by atoms with Crippen LogP contribution in [-0.2, 0) is 16.2 Å². The molecule has 0 N–H and O–H groups in total. The minimum Gasteiger partial charge on any atom is -0.454 e. The van der Waals surface area contributed by atoms with Crippen LogP contribution in [0.5, 0.6) is 0 Å². The van der Waals surface area contributed by atoms with E-state index < -0.39 is 0 Å². The normalized spacial score (nSPS) is 11.4. The van der Waals surface area contributed by atoms with Gasteiger partial charge in [0.1, 0.15) is 5.58 Å². The molecular formula is C118H110N4O. The summed E-state index contributed by atoms with van der Waals surface area (Å²) in [5, 5.41) is 2.32. The van der Waals surface area contributed by atoms with Gasteiger partial charge in [-0.1, -0.05) is 384 Å². The van der Waals surface area contributed by atoms with Crippen molar-refractivity contribution in [3.63, 3.8) is 0 Å². The predicted octanol–water partition coefficient (Wildman–Crippen LogP) is 34.2. The lowest BCUT2D eigenvalue weighted by Gasteiger charge is -2.37. The molecule has 0 atom stereocenters. The molecule has 608 valence electrons. The van der Waals surface area contributed by atoms with Gasteiger partial charge in [-0.3, -0.25) is 0 Å². The van der Waals surface area contributed by atoms with Crippen molar-refractivity contribution in [3.05, 3.63) is 466 Å². The number of fused-ring (bicyclic) bond motifs is 3. The van der Waals surface area contributed by atoms with Gasteiger partial charge in [-0.25, -0.2) is 0 Å². The minimum atomic E-state index is -0.0748. The number of anilines is 11. The first kappa shape index (κ1) is 83.8. The number of benzene rings is 17. The summed E-state index contributed by atoms with van der Waals surface area (Å²) in [4.78, 5) is 9.33. The molecule has 0 bridgehead atoms. The van der Waals surface area contributed by atoms with E-state index in [2.05, 4.69) is 533 Å². The zero-order valence-corrected chi connectivity index (χ0v) is 72.9. The molecule has 123 heavy (non-hydrogen) atoms. The van der Waals surface area contributed by atoms with Crippen LogP contribution in [0.4, 0.5) is 62.6 Å². The third-order valence-corrected chi connectivity index (χ3v) is 22.5. The Labute approximate surface area is 729 Å². The molecule has 1 heterocycles. The van der Waals surface area contributed by atoms with E-state index in [4.69, 9.17) is 4.42 Å². The van der Waals surface area contributed by atoms with E-state index in [1.807, 2.05) is 18.2 Å². The second-order valence-electron chi connectivity index (χ2n) is 35.4. The van der Waals surface area contributed by atoms with Crippen LogP contribution in [0.15, 0.2) is 453 Å². The summed E-state index contributed by atoms with van der Waals surface area (Å²) in [5.74, 6) is 0. The van der Waals surface area contributed by atoms with Gasteiger partial charge in [-0.2, -0.15) is 0 Å². The van der Waals surface area contributed by atoms with Gasteiger partial charge < -0.3 is 24.0 Å². The maximum absolute atomic E-state index is 6.24. The highest BCUT2D eigenvalue weighted by atomic mass is 16.3. The standard InChI is InChI=1S/2C34H31N.C28H27N.C22H21NO/c1-34(2,3)29-20-24-31(25-21-29)35(30-22-18-27(19-23-30)26-12-6-4-7-13-26)33-17-11-10-16-32(33)28-14-8-5-9-15-28;1-34(2,3)30-20-24-33(25-21-30)35(31-12-8-5-9-13-31)32-22-18-29(19-23-32)28-16-14-27(15-17-28)26-10-6-4-7-11-26;1-28(2,3)24-16-20-27(21-17-24)29(25-12-8-5-9-13-25)26-18-14-23(15-19-26)22-10-6-4-7-11-22;1-22(2,3)23(16-10-5-4-6-11-16)19-14-9-13-18-17-12-7-8-15-20(17)24-21(18)19/h2*4-25H,1-3H3;4-21H,1-3H3;4-15H,1-3H3. The van der Waals surface area contributed by atoms with Crippen molar-refractivity contribution in [2.75, 3.05) is 19.6 Å². The molecule has 17 aromatic carbocycles. The van der Waals surface area contributed by atoms with Crippen molar-refractivity contribution in [3.8, 4) is 55.6 Å². The molecule has 0 unspecified atom stereocenters. The molecule has 5 nitrogen and oxygen atoms in total. The quantitative estimate of drug-likeness (QED) is 0.0961. The third-order valence-electron chi connectivity index (χ3n) is 22.5. The Morgan fingerprint density at radius 2 is 0.423 bits per heavy atom. The van der Waals surface area contributed by atoms with Crippen LogP contribution in [0, 0.1) is 0 Å². The highest BCUT2D eigenvalue weighted by Crippen LogP contribution is 2.46. The molecule has 0 saturated heterocycles. The van der Waals surface area contributed by atoms with Crippen molar-refractivity contribution in [2.24, 2.45) is 0 Å². The van der Waals surface area contributed by atoms with E-state index in [0.29, 0.717) is 0 Å². The van der Waals surface area contributed by atoms with E-state index in [-0.39, 0.29) is 21.8 Å². The molecule has 0 radical (unpaired) electrons. The van der Waals surface area contributed by atoms with Gasteiger partial charge in [0.2, 0.25) is 0 Å². The summed E-state index contributed by atoms with van der Waals surface area (Å²) in [7, 11) is 0. The van der Waals surface area contributed by atoms with Gasteiger partial charge >= 0.3 is 0 Å². The van der Waals surface area contributed by atoms with E-state index in [9.17, 15) is 0 Å². The maximum atomic E-state index is 6.24. The Balaban J connectivity index is 0.000000128. The van der Waals surface area contributed by atoms with E-state index in [1.165, 1.54) is 72.3 Å². The SMILES string of the molecule is CC(C)(C)N(c1ccccc1)c1cccc2c1oc1ccccc12.CC(C)(C)c1ccc(N(c2ccc(-c3ccccc3)cc2)c2ccccc2-c2ccccc2)cc1.CC(C)(C)c1ccc(N(c2ccccc2)c2ccc(-c3ccc(-c4ccccc4)cc3)cc2)cc1.CC(C)(C)c1ccc(N(c2ccccc2)c2ccc(-c3ccccc3)cc2)cc1. The van der Waals surface area contributed by atoms with Crippen LogP contribution < -0.4 is 19.6 Å². The number of furan rings is 1. The molecule has 0 aliphatic heterocycles. The summed E-state index contributed by atoms with van der Waals surface area (Å²) in [5.41, 5.74) is 31.1. The fraction of sp³-hybridized carbons (Fsp3) is 0.136. The Morgan fingerprint density at radius 1 is 0.179 bits per heavy atom. The van der Waals surface area contributed by atoms with Gasteiger partial charge in [0.15, 0.2) is 5.58 Å². The Kier molecular flexibility index (Phi) is 25.6. The van der Waals surface area contributed by atoms with Crippen molar-refractivity contribution in [1.82, 2.24) is 0 Å². The first-order valence-electron chi connectivity index (χ1n) is 42.9. The van der Waals surface area contributed by atoms with Crippen LogP contribution in [0.25, 0.3) is 77.6 Å². The summed E-state index contributed by atoms with van der Waals surface area (Å²) in [6.07, 6.45) is 0. The lowest BCUT2D eigenvalue weighted by Crippen LogP contribution is -2.37. The monoisotopic (exact) mass is 1600 g/mol. The highest BCUT2D eigenvalue weighted by Gasteiger charge is 2.28. The molecule has 0 spiro atoms. The minimum absolute atomic E-state index is 0.0748. The topological polar surface area (TPSA) is 26.1 Å². The van der Waals surface area contributed by atoms with Crippen molar-refractivity contribution in [2.45, 2.75) is 105 Å². The van der Waals surface area contributed by atoms with E-state index in [0.717, 1.165) is 84.5 Å². The molecule has 18 rings (SSSR count). The lowest BCUT2D eigenvalue weighted by molar-refractivity contribution is 0.557. The molecule has 0 amide bonds. The Morgan fingerprint density at radius 3 is 0.764 bits per heavy atom. The average molecular weight is 1600 g/mol. The van der Waals surface area contributed by atoms with E-state index in [1.54, 1.807) is 0 Å². The Bertz CT molecular complexity index is 6350. The molecular weight excluding hydrogens is 1490 g/mol. The van der Waals surface area contributed by atoms with Gasteiger partial charge in [-0.05, 0) is 231 Å². The number of nitrogens with zero attached hydrogens (tertiary/aromatic N) is 4. The number of para-hydroxylation sites is 6.